The van der Waals surface area contributed by atoms with E-state index in [-0.39, 0.29) is 41.4 Å². The van der Waals surface area contributed by atoms with Gasteiger partial charge in [0, 0.05) is 17.9 Å². The van der Waals surface area contributed by atoms with Gasteiger partial charge in [0.1, 0.15) is 0 Å². The summed E-state index contributed by atoms with van der Waals surface area (Å²) in [6.45, 7) is 7.60. The monoisotopic (exact) mass is 429 g/mol. The lowest BCUT2D eigenvalue weighted by Gasteiger charge is -2.43. The first-order valence-corrected chi connectivity index (χ1v) is 11.4. The molecule has 4 N–H and O–H groups in total. The first kappa shape index (κ1) is 22.5. The van der Waals surface area contributed by atoms with Crippen molar-refractivity contribution in [3.63, 3.8) is 0 Å². The summed E-state index contributed by atoms with van der Waals surface area (Å²) >= 11 is 0. The normalized spacial score (nSPS) is 41.9. The molecule has 1 aromatic carbocycles. The van der Waals surface area contributed by atoms with Crippen molar-refractivity contribution in [1.82, 2.24) is 5.32 Å². The van der Waals surface area contributed by atoms with Crippen LogP contribution in [-0.2, 0) is 16.0 Å². The molecule has 0 bridgehead atoms. The number of epoxide rings is 1. The molecule has 1 aromatic rings. The quantitative estimate of drug-likeness (QED) is 0.391. The molecule has 2 aliphatic heterocycles. The number of carbonyl (C=O) groups excluding carboxylic acids is 1. The smallest absolute Gasteiger partial charge is 0.253 e. The van der Waals surface area contributed by atoms with E-state index in [0.717, 1.165) is 5.56 Å². The van der Waals surface area contributed by atoms with Crippen LogP contribution in [0.3, 0.4) is 0 Å². The van der Waals surface area contributed by atoms with Crippen molar-refractivity contribution in [2.75, 3.05) is 0 Å². The maximum Gasteiger partial charge on any atom is 0.253 e. The van der Waals surface area contributed by atoms with Gasteiger partial charge in [-0.2, -0.15) is 0 Å². The zero-order valence-corrected chi connectivity index (χ0v) is 18.7. The zero-order valence-electron chi connectivity index (χ0n) is 18.7. The first-order chi connectivity index (χ1) is 14.6. The van der Waals surface area contributed by atoms with Gasteiger partial charge in [-0.1, -0.05) is 56.3 Å². The second-order valence-electron chi connectivity index (χ2n) is 10.0. The maximum atomic E-state index is 13.1. The minimum Gasteiger partial charge on any atom is -0.391 e. The van der Waals surface area contributed by atoms with Crippen molar-refractivity contribution in [2.45, 2.75) is 76.1 Å². The van der Waals surface area contributed by atoms with Crippen LogP contribution >= 0.6 is 0 Å². The van der Waals surface area contributed by atoms with E-state index in [9.17, 15) is 20.1 Å². The van der Waals surface area contributed by atoms with Gasteiger partial charge < -0.3 is 25.4 Å². The van der Waals surface area contributed by atoms with Crippen LogP contribution in [0.1, 0.15) is 39.7 Å². The summed E-state index contributed by atoms with van der Waals surface area (Å²) in [5.74, 6) is -1.15. The number of ether oxygens (including phenoxy) is 1. The van der Waals surface area contributed by atoms with Crippen LogP contribution in [0.15, 0.2) is 42.5 Å². The lowest BCUT2D eigenvalue weighted by Crippen LogP contribution is -2.59. The highest BCUT2D eigenvalue weighted by Gasteiger charge is 2.76. The molecule has 6 nitrogen and oxygen atoms in total. The second-order valence-corrected chi connectivity index (χ2v) is 10.0. The van der Waals surface area contributed by atoms with Crippen LogP contribution in [0.4, 0.5) is 0 Å². The van der Waals surface area contributed by atoms with Gasteiger partial charge >= 0.3 is 0 Å². The van der Waals surface area contributed by atoms with E-state index in [1.165, 1.54) is 0 Å². The average Bonchev–Trinajstić information content (AvgIpc) is 3.36. The van der Waals surface area contributed by atoms with Gasteiger partial charge in [0.2, 0.25) is 0 Å². The molecule has 4 rings (SSSR count). The Bertz CT molecular complexity index is 842. The minimum absolute atomic E-state index is 0.0239. The van der Waals surface area contributed by atoms with Crippen molar-refractivity contribution >= 4 is 5.91 Å². The Morgan fingerprint density at radius 1 is 1.23 bits per heavy atom. The molecule has 0 aromatic heterocycles. The van der Waals surface area contributed by atoms with E-state index in [2.05, 4.69) is 19.2 Å². The summed E-state index contributed by atoms with van der Waals surface area (Å²) < 4.78 is 6.10. The molecule has 31 heavy (non-hydrogen) atoms. The number of amides is 1. The van der Waals surface area contributed by atoms with Gasteiger partial charge in [0.25, 0.3) is 5.91 Å². The number of benzene rings is 1. The summed E-state index contributed by atoms with van der Waals surface area (Å²) in [6.07, 6.45) is 3.17. The topological polar surface area (TPSA) is 102 Å². The standard InChI is InChI=1S/C25H35NO5/c1-14(21(28)16(3)27)9-8-12-18-22-24(4,31-22)15(2)20-19(26-23(29)25(18,20)30)13-17-10-6-5-7-11-17/h5-8,10-12,14-16,18-22,27-28,30H,9,13H2,1-4H3,(H,26,29). The molecule has 3 fully saturated rings. The average molecular weight is 430 g/mol. The largest absolute Gasteiger partial charge is 0.391 e. The van der Waals surface area contributed by atoms with E-state index in [1.807, 2.05) is 49.4 Å². The molecule has 0 radical (unpaired) electrons. The number of carbonyl (C=O) groups is 1. The molecule has 3 aliphatic rings. The Hall–Kier alpha value is -1.73. The summed E-state index contributed by atoms with van der Waals surface area (Å²) in [6, 6.07) is 9.86. The summed E-state index contributed by atoms with van der Waals surface area (Å²) in [4.78, 5) is 13.1. The van der Waals surface area contributed by atoms with E-state index in [0.29, 0.717) is 12.8 Å². The Kier molecular flexibility index (Phi) is 5.80. The first-order valence-electron chi connectivity index (χ1n) is 11.4. The zero-order chi connectivity index (χ0) is 22.6. The predicted molar refractivity (Wildman–Crippen MR) is 117 cm³/mol. The van der Waals surface area contributed by atoms with Crippen molar-refractivity contribution in [1.29, 1.82) is 0 Å². The van der Waals surface area contributed by atoms with Crippen LogP contribution in [0.2, 0.25) is 0 Å². The fraction of sp³-hybridized carbons (Fsp3) is 0.640. The van der Waals surface area contributed by atoms with Gasteiger partial charge in [-0.05, 0) is 44.1 Å². The van der Waals surface area contributed by atoms with Crippen LogP contribution in [0.25, 0.3) is 0 Å². The Morgan fingerprint density at radius 2 is 1.90 bits per heavy atom. The van der Waals surface area contributed by atoms with Gasteiger partial charge in [-0.15, -0.1) is 0 Å². The van der Waals surface area contributed by atoms with Crippen LogP contribution in [0.5, 0.6) is 0 Å². The molecule has 6 heteroatoms. The van der Waals surface area contributed by atoms with Gasteiger partial charge in [0.15, 0.2) is 5.60 Å². The molecule has 10 unspecified atom stereocenters. The SMILES string of the molecule is CC(O)C(O)C(C)CC=CC1C2OC2(C)C(C)C2C(Cc3ccccc3)NC(=O)C12O. The number of nitrogens with one attached hydrogen (secondary N) is 1. The summed E-state index contributed by atoms with van der Waals surface area (Å²) in [5, 5.41) is 34.6. The number of aliphatic hydroxyl groups excluding tert-OH is 2. The highest BCUT2D eigenvalue weighted by molar-refractivity contribution is 5.89. The summed E-state index contributed by atoms with van der Waals surface area (Å²) in [7, 11) is 0. The maximum absolute atomic E-state index is 13.1. The number of allylic oxidation sites excluding steroid dienone is 1. The second kappa shape index (κ2) is 8.00. The van der Waals surface area contributed by atoms with Crippen LogP contribution in [0, 0.1) is 23.7 Å². The molecule has 2 heterocycles. The molecule has 1 saturated carbocycles. The summed E-state index contributed by atoms with van der Waals surface area (Å²) in [5.41, 5.74) is -0.763. The molecular formula is C25H35NO5. The molecule has 1 amide bonds. The van der Waals surface area contributed by atoms with Crippen molar-refractivity contribution in [3.05, 3.63) is 48.0 Å². The predicted octanol–water partition coefficient (Wildman–Crippen LogP) is 1.82. The Labute approximate surface area is 184 Å². The van der Waals surface area contributed by atoms with Crippen LogP contribution < -0.4 is 5.32 Å². The van der Waals surface area contributed by atoms with Crippen molar-refractivity contribution < 1.29 is 24.9 Å². The lowest BCUT2D eigenvalue weighted by atomic mass is 9.59. The molecule has 2 saturated heterocycles. The van der Waals surface area contributed by atoms with Gasteiger partial charge in [0.05, 0.1) is 23.9 Å². The Morgan fingerprint density at radius 3 is 2.55 bits per heavy atom. The molecule has 1 aliphatic carbocycles. The number of fused-ring (bicyclic) bond motifs is 2. The van der Waals surface area contributed by atoms with E-state index in [4.69, 9.17) is 4.74 Å². The third kappa shape index (κ3) is 3.63. The number of hydrogen-bond acceptors (Lipinski definition) is 5. The van der Waals surface area contributed by atoms with Gasteiger partial charge in [-0.25, -0.2) is 0 Å². The number of hydrogen-bond donors (Lipinski definition) is 4. The van der Waals surface area contributed by atoms with Crippen LogP contribution in [-0.4, -0.2) is 56.8 Å². The minimum atomic E-state index is -1.53. The fourth-order valence-electron chi connectivity index (χ4n) is 5.91. The third-order valence-electron chi connectivity index (χ3n) is 8.01. The molecule has 0 spiro atoms. The third-order valence-corrected chi connectivity index (χ3v) is 8.01. The van der Waals surface area contributed by atoms with E-state index >= 15 is 0 Å². The van der Waals surface area contributed by atoms with Gasteiger partial charge in [-0.3, -0.25) is 4.79 Å². The van der Waals surface area contributed by atoms with E-state index in [1.54, 1.807) is 6.92 Å². The van der Waals surface area contributed by atoms with Crippen molar-refractivity contribution in [3.8, 4) is 0 Å². The highest BCUT2D eigenvalue weighted by atomic mass is 16.6. The highest BCUT2D eigenvalue weighted by Crippen LogP contribution is 2.62. The van der Waals surface area contributed by atoms with Crippen molar-refractivity contribution in [2.24, 2.45) is 23.7 Å². The number of rotatable bonds is 7. The Balaban J connectivity index is 1.58. The molecular weight excluding hydrogens is 394 g/mol. The van der Waals surface area contributed by atoms with E-state index < -0.39 is 23.7 Å². The lowest BCUT2D eigenvalue weighted by molar-refractivity contribution is -0.148. The number of aliphatic hydroxyl groups is 3. The fourth-order valence-corrected chi connectivity index (χ4v) is 5.91. The molecule has 170 valence electrons. The molecule has 10 atom stereocenters.